The summed E-state index contributed by atoms with van der Waals surface area (Å²) >= 11 is 0. The van der Waals surface area contributed by atoms with Gasteiger partial charge < -0.3 is 10.2 Å². The molecule has 1 aliphatic rings. The van der Waals surface area contributed by atoms with Crippen molar-refractivity contribution in [2.75, 3.05) is 19.6 Å². The van der Waals surface area contributed by atoms with E-state index in [1.807, 2.05) is 0 Å². The molecule has 0 saturated carbocycles. The molecule has 2 rings (SSSR count). The average Bonchev–Trinajstić information content (AvgIpc) is 2.96. The van der Waals surface area contributed by atoms with Crippen LogP contribution in [0.25, 0.3) is 0 Å². The molecule has 0 aliphatic carbocycles. The molecule has 0 spiro atoms. The summed E-state index contributed by atoms with van der Waals surface area (Å²) in [7, 11) is 0. The molecule has 0 aromatic heterocycles. The summed E-state index contributed by atoms with van der Waals surface area (Å²) in [6.07, 6.45) is 5.26. The number of nitrogens with zero attached hydrogens (tertiary/aromatic N) is 1. The van der Waals surface area contributed by atoms with Crippen LogP contribution in [0.2, 0.25) is 0 Å². The summed E-state index contributed by atoms with van der Waals surface area (Å²) in [6, 6.07) is 12.3. The molecule has 2 heteroatoms. The van der Waals surface area contributed by atoms with Crippen LogP contribution < -0.4 is 5.32 Å². The summed E-state index contributed by atoms with van der Waals surface area (Å²) < 4.78 is 0. The molecule has 1 N–H and O–H groups in total. The van der Waals surface area contributed by atoms with E-state index in [0.29, 0.717) is 12.0 Å². The lowest BCUT2D eigenvalue weighted by molar-refractivity contribution is 0.193. The Morgan fingerprint density at radius 3 is 2.67 bits per heavy atom. The molecule has 3 unspecified atom stereocenters. The largest absolute Gasteiger partial charge is 0.310 e. The molecule has 1 aromatic rings. The molecular formula is C19H32N2. The van der Waals surface area contributed by atoms with Crippen LogP contribution in [0.4, 0.5) is 0 Å². The van der Waals surface area contributed by atoms with Gasteiger partial charge in [-0.1, -0.05) is 51.1 Å². The fourth-order valence-corrected chi connectivity index (χ4v) is 3.68. The van der Waals surface area contributed by atoms with Gasteiger partial charge in [0.2, 0.25) is 0 Å². The molecule has 2 nitrogen and oxygen atoms in total. The molecule has 1 saturated heterocycles. The lowest BCUT2D eigenvalue weighted by Crippen LogP contribution is -2.38. The van der Waals surface area contributed by atoms with Crippen LogP contribution in [0.1, 0.15) is 58.1 Å². The highest BCUT2D eigenvalue weighted by molar-refractivity contribution is 5.19. The predicted molar refractivity (Wildman–Crippen MR) is 91.5 cm³/mol. The molecule has 3 atom stereocenters. The van der Waals surface area contributed by atoms with Crippen molar-refractivity contribution in [3.63, 3.8) is 0 Å². The Balaban J connectivity index is 2.02. The Kier molecular flexibility index (Phi) is 6.72. The zero-order valence-electron chi connectivity index (χ0n) is 14.0. The maximum atomic E-state index is 3.77. The van der Waals surface area contributed by atoms with Crippen LogP contribution in [0.15, 0.2) is 30.3 Å². The minimum absolute atomic E-state index is 0.476. The van der Waals surface area contributed by atoms with Crippen molar-refractivity contribution >= 4 is 0 Å². The van der Waals surface area contributed by atoms with E-state index in [4.69, 9.17) is 0 Å². The third-order valence-corrected chi connectivity index (χ3v) is 4.83. The Morgan fingerprint density at radius 1 is 1.24 bits per heavy atom. The molecule has 1 heterocycles. The third-order valence-electron chi connectivity index (χ3n) is 4.83. The van der Waals surface area contributed by atoms with E-state index in [0.717, 1.165) is 12.6 Å². The molecular weight excluding hydrogens is 256 g/mol. The Hall–Kier alpha value is -0.860. The molecule has 0 amide bonds. The maximum absolute atomic E-state index is 3.77. The average molecular weight is 288 g/mol. The van der Waals surface area contributed by atoms with Gasteiger partial charge in [0.05, 0.1) is 0 Å². The number of benzene rings is 1. The van der Waals surface area contributed by atoms with E-state index in [-0.39, 0.29) is 0 Å². The Labute approximate surface area is 130 Å². The first-order valence-electron chi connectivity index (χ1n) is 8.78. The van der Waals surface area contributed by atoms with Crippen LogP contribution >= 0.6 is 0 Å². The second kappa shape index (κ2) is 8.55. The molecule has 0 radical (unpaired) electrons. The zero-order chi connectivity index (χ0) is 15.1. The number of hydrogen-bond acceptors (Lipinski definition) is 2. The molecule has 1 aliphatic heterocycles. The van der Waals surface area contributed by atoms with Crippen molar-refractivity contribution in [1.82, 2.24) is 10.2 Å². The van der Waals surface area contributed by atoms with Gasteiger partial charge in [-0.25, -0.2) is 0 Å². The lowest BCUT2D eigenvalue weighted by atomic mass is 9.93. The second-order valence-corrected chi connectivity index (χ2v) is 6.52. The summed E-state index contributed by atoms with van der Waals surface area (Å²) in [6.45, 7) is 10.6. The van der Waals surface area contributed by atoms with Crippen molar-refractivity contribution in [1.29, 1.82) is 0 Å². The highest BCUT2D eigenvalue weighted by atomic mass is 15.2. The summed E-state index contributed by atoms with van der Waals surface area (Å²) in [5.41, 5.74) is 1.44. The van der Waals surface area contributed by atoms with E-state index in [1.54, 1.807) is 0 Å². The van der Waals surface area contributed by atoms with Crippen molar-refractivity contribution in [2.24, 2.45) is 5.92 Å². The molecule has 1 aromatic carbocycles. The SMILES string of the molecule is CCCNC(c1ccccc1)C(C)CN1CCCC1CC. The first-order valence-corrected chi connectivity index (χ1v) is 8.78. The summed E-state index contributed by atoms with van der Waals surface area (Å²) in [4.78, 5) is 2.72. The molecule has 118 valence electrons. The van der Waals surface area contributed by atoms with Crippen LogP contribution in [-0.4, -0.2) is 30.6 Å². The third kappa shape index (κ3) is 4.55. The predicted octanol–water partition coefficient (Wildman–Crippen LogP) is 4.24. The highest BCUT2D eigenvalue weighted by Gasteiger charge is 2.27. The van der Waals surface area contributed by atoms with Gasteiger partial charge in [0.25, 0.3) is 0 Å². The maximum Gasteiger partial charge on any atom is 0.0358 e. The van der Waals surface area contributed by atoms with Crippen molar-refractivity contribution in [3.05, 3.63) is 35.9 Å². The quantitative estimate of drug-likeness (QED) is 0.770. The Morgan fingerprint density at radius 2 is 2.00 bits per heavy atom. The van der Waals surface area contributed by atoms with Crippen LogP contribution in [0.3, 0.4) is 0 Å². The first-order chi connectivity index (χ1) is 10.3. The summed E-state index contributed by atoms with van der Waals surface area (Å²) in [5, 5.41) is 3.77. The van der Waals surface area contributed by atoms with Gasteiger partial charge in [-0.05, 0) is 50.3 Å². The fraction of sp³-hybridized carbons (Fsp3) is 0.684. The van der Waals surface area contributed by atoms with Crippen molar-refractivity contribution < 1.29 is 0 Å². The number of likely N-dealkylation sites (tertiary alicyclic amines) is 1. The van der Waals surface area contributed by atoms with E-state index in [2.05, 4.69) is 61.3 Å². The van der Waals surface area contributed by atoms with E-state index in [9.17, 15) is 0 Å². The number of nitrogens with one attached hydrogen (secondary N) is 1. The first kappa shape index (κ1) is 16.5. The number of rotatable bonds is 8. The second-order valence-electron chi connectivity index (χ2n) is 6.52. The fourth-order valence-electron chi connectivity index (χ4n) is 3.68. The minimum Gasteiger partial charge on any atom is -0.310 e. The van der Waals surface area contributed by atoms with E-state index >= 15 is 0 Å². The highest BCUT2D eigenvalue weighted by Crippen LogP contribution is 2.27. The lowest BCUT2D eigenvalue weighted by Gasteiger charge is -2.32. The van der Waals surface area contributed by atoms with Gasteiger partial charge in [-0.3, -0.25) is 0 Å². The summed E-state index contributed by atoms with van der Waals surface area (Å²) in [5.74, 6) is 0.645. The monoisotopic (exact) mass is 288 g/mol. The van der Waals surface area contributed by atoms with Crippen LogP contribution in [0, 0.1) is 5.92 Å². The van der Waals surface area contributed by atoms with Gasteiger partial charge in [0.1, 0.15) is 0 Å². The normalized spacial score (nSPS) is 22.3. The molecule has 0 bridgehead atoms. The van der Waals surface area contributed by atoms with Gasteiger partial charge in [-0.15, -0.1) is 0 Å². The van der Waals surface area contributed by atoms with E-state index in [1.165, 1.54) is 44.3 Å². The molecule has 1 fully saturated rings. The van der Waals surface area contributed by atoms with Gasteiger partial charge >= 0.3 is 0 Å². The standard InChI is InChI=1S/C19H32N2/c1-4-13-20-19(17-10-7-6-8-11-17)16(3)15-21-14-9-12-18(21)5-2/h6-8,10-11,16,18-20H,4-5,9,12-15H2,1-3H3. The smallest absolute Gasteiger partial charge is 0.0358 e. The minimum atomic E-state index is 0.476. The molecule has 21 heavy (non-hydrogen) atoms. The van der Waals surface area contributed by atoms with Crippen LogP contribution in [-0.2, 0) is 0 Å². The van der Waals surface area contributed by atoms with Crippen LogP contribution in [0.5, 0.6) is 0 Å². The Bertz CT molecular complexity index is 390. The number of hydrogen-bond donors (Lipinski definition) is 1. The zero-order valence-corrected chi connectivity index (χ0v) is 14.0. The van der Waals surface area contributed by atoms with Gasteiger partial charge in [0, 0.05) is 18.6 Å². The van der Waals surface area contributed by atoms with E-state index < -0.39 is 0 Å². The van der Waals surface area contributed by atoms with Gasteiger partial charge in [0.15, 0.2) is 0 Å². The van der Waals surface area contributed by atoms with Crippen molar-refractivity contribution in [3.8, 4) is 0 Å². The van der Waals surface area contributed by atoms with Gasteiger partial charge in [-0.2, -0.15) is 0 Å². The van der Waals surface area contributed by atoms with Crippen molar-refractivity contribution in [2.45, 2.75) is 58.5 Å². The topological polar surface area (TPSA) is 15.3 Å².